The van der Waals surface area contributed by atoms with E-state index in [2.05, 4.69) is 26.1 Å². The van der Waals surface area contributed by atoms with E-state index in [1.165, 1.54) is 6.07 Å². The van der Waals surface area contributed by atoms with Gasteiger partial charge in [0.15, 0.2) is 11.6 Å². The number of phenolic OH excluding ortho intramolecular Hbond substituents is 1. The van der Waals surface area contributed by atoms with Crippen molar-refractivity contribution in [1.29, 1.82) is 0 Å². The average molecular weight is 376 g/mol. The Labute approximate surface area is 133 Å². The number of hydrogen-bond donors (Lipinski definition) is 2. The quantitative estimate of drug-likeness (QED) is 0.833. The van der Waals surface area contributed by atoms with Crippen molar-refractivity contribution < 1.29 is 9.50 Å². The van der Waals surface area contributed by atoms with Crippen LogP contribution >= 0.6 is 40.7 Å². The van der Waals surface area contributed by atoms with Crippen LogP contribution in [0.2, 0.25) is 0 Å². The Bertz CT molecular complexity index is 417. The number of hydrogen-bond acceptors (Lipinski definition) is 3. The summed E-state index contributed by atoms with van der Waals surface area (Å²) in [5.41, 5.74) is 0.631. The van der Waals surface area contributed by atoms with Gasteiger partial charge in [-0.05, 0) is 19.1 Å². The minimum absolute atomic E-state index is 0. The van der Waals surface area contributed by atoms with Crippen molar-refractivity contribution in [3.8, 4) is 5.75 Å². The standard InChI is InChI=1S/C12H16BrFN2O.2ClH/c1-8(16-6-4-15-5-7-16)11-9(13)2-3-10(14)12(11)17;;/h2-3,8,15,17H,4-7H2,1H3;2*1H/t8-;;/m1../s1. The van der Waals surface area contributed by atoms with E-state index in [0.717, 1.165) is 30.7 Å². The van der Waals surface area contributed by atoms with Crippen molar-refractivity contribution in [2.24, 2.45) is 0 Å². The Balaban J connectivity index is 0.00000162. The Hall–Kier alpha value is -0.0700. The SMILES string of the molecule is C[C@H](c1c(Br)ccc(F)c1O)N1CCNCC1.Cl.Cl. The number of nitrogens with zero attached hydrogens (tertiary/aromatic N) is 1. The topological polar surface area (TPSA) is 35.5 Å². The van der Waals surface area contributed by atoms with Gasteiger partial charge in [0.2, 0.25) is 0 Å². The lowest BCUT2D eigenvalue weighted by Crippen LogP contribution is -2.44. The molecule has 0 radical (unpaired) electrons. The molecule has 3 nitrogen and oxygen atoms in total. The second-order valence-electron chi connectivity index (χ2n) is 4.25. The predicted octanol–water partition coefficient (Wildman–Crippen LogP) is 3.10. The molecule has 1 aliphatic rings. The van der Waals surface area contributed by atoms with Crippen LogP contribution in [0, 0.1) is 5.82 Å². The van der Waals surface area contributed by atoms with Crippen LogP contribution in [0.25, 0.3) is 0 Å². The van der Waals surface area contributed by atoms with Crippen LogP contribution in [-0.4, -0.2) is 36.2 Å². The zero-order valence-corrected chi connectivity index (χ0v) is 13.7. The fraction of sp³-hybridized carbons (Fsp3) is 0.500. The van der Waals surface area contributed by atoms with E-state index in [-0.39, 0.29) is 36.6 Å². The molecule has 7 heteroatoms. The number of piperazine rings is 1. The van der Waals surface area contributed by atoms with Gasteiger partial charge in [0.05, 0.1) is 0 Å². The number of aromatic hydroxyl groups is 1. The molecular weight excluding hydrogens is 358 g/mol. The van der Waals surface area contributed by atoms with Gasteiger partial charge in [-0.1, -0.05) is 15.9 Å². The molecule has 2 rings (SSSR count). The van der Waals surface area contributed by atoms with Crippen molar-refractivity contribution in [2.75, 3.05) is 26.2 Å². The van der Waals surface area contributed by atoms with E-state index in [9.17, 15) is 9.50 Å². The maximum atomic E-state index is 13.4. The normalized spacial score (nSPS) is 17.2. The van der Waals surface area contributed by atoms with E-state index < -0.39 is 5.82 Å². The largest absolute Gasteiger partial charge is 0.505 e. The minimum Gasteiger partial charge on any atom is -0.505 e. The highest BCUT2D eigenvalue weighted by Gasteiger charge is 2.23. The molecule has 0 saturated carbocycles. The van der Waals surface area contributed by atoms with Gasteiger partial charge in [-0.2, -0.15) is 0 Å². The molecule has 0 aliphatic carbocycles. The Morgan fingerprint density at radius 2 is 1.89 bits per heavy atom. The maximum Gasteiger partial charge on any atom is 0.165 e. The second kappa shape index (κ2) is 8.27. The lowest BCUT2D eigenvalue weighted by Gasteiger charge is -2.33. The summed E-state index contributed by atoms with van der Waals surface area (Å²) >= 11 is 3.38. The third-order valence-electron chi connectivity index (χ3n) is 3.23. The van der Waals surface area contributed by atoms with Crippen molar-refractivity contribution in [3.63, 3.8) is 0 Å². The van der Waals surface area contributed by atoms with E-state index >= 15 is 0 Å². The van der Waals surface area contributed by atoms with Gasteiger partial charge < -0.3 is 10.4 Å². The molecule has 1 aliphatic heterocycles. The molecule has 1 saturated heterocycles. The van der Waals surface area contributed by atoms with Crippen molar-refractivity contribution in [2.45, 2.75) is 13.0 Å². The maximum absolute atomic E-state index is 13.4. The van der Waals surface area contributed by atoms with Crippen molar-refractivity contribution in [1.82, 2.24) is 10.2 Å². The summed E-state index contributed by atoms with van der Waals surface area (Å²) < 4.78 is 14.1. The second-order valence-corrected chi connectivity index (χ2v) is 5.11. The summed E-state index contributed by atoms with van der Waals surface area (Å²) in [6, 6.07) is 2.92. The van der Waals surface area contributed by atoms with Gasteiger partial charge in [0.25, 0.3) is 0 Å². The van der Waals surface area contributed by atoms with Gasteiger partial charge in [-0.25, -0.2) is 4.39 Å². The van der Waals surface area contributed by atoms with Crippen LogP contribution < -0.4 is 5.32 Å². The highest BCUT2D eigenvalue weighted by atomic mass is 79.9. The summed E-state index contributed by atoms with van der Waals surface area (Å²) in [6.45, 7) is 5.66. The Morgan fingerprint density at radius 3 is 2.47 bits per heavy atom. The molecule has 0 spiro atoms. The first-order chi connectivity index (χ1) is 8.11. The molecule has 1 aromatic carbocycles. The summed E-state index contributed by atoms with van der Waals surface area (Å²) in [6.07, 6.45) is 0. The molecular formula is C12H18BrCl2FN2O. The van der Waals surface area contributed by atoms with Crippen LogP contribution in [0.4, 0.5) is 4.39 Å². The smallest absolute Gasteiger partial charge is 0.165 e. The summed E-state index contributed by atoms with van der Waals surface area (Å²) in [5, 5.41) is 13.1. The summed E-state index contributed by atoms with van der Waals surface area (Å²) in [5.74, 6) is -0.810. The fourth-order valence-corrected chi connectivity index (χ4v) is 2.86. The predicted molar refractivity (Wildman–Crippen MR) is 83.1 cm³/mol. The zero-order valence-electron chi connectivity index (χ0n) is 10.5. The van der Waals surface area contributed by atoms with E-state index in [0.29, 0.717) is 5.56 Å². The van der Waals surface area contributed by atoms with Gasteiger partial charge in [0, 0.05) is 42.3 Å². The lowest BCUT2D eigenvalue weighted by atomic mass is 10.0. The fourth-order valence-electron chi connectivity index (χ4n) is 2.21. The molecule has 0 amide bonds. The molecule has 2 N–H and O–H groups in total. The molecule has 110 valence electrons. The number of phenols is 1. The lowest BCUT2D eigenvalue weighted by molar-refractivity contribution is 0.181. The van der Waals surface area contributed by atoms with E-state index in [1.54, 1.807) is 6.07 Å². The molecule has 0 aromatic heterocycles. The molecule has 1 fully saturated rings. The molecule has 0 unspecified atom stereocenters. The van der Waals surface area contributed by atoms with Crippen LogP contribution in [-0.2, 0) is 0 Å². The molecule has 1 aromatic rings. The van der Waals surface area contributed by atoms with E-state index in [1.807, 2.05) is 6.92 Å². The number of rotatable bonds is 2. The summed E-state index contributed by atoms with van der Waals surface area (Å²) in [4.78, 5) is 2.23. The highest BCUT2D eigenvalue weighted by Crippen LogP contribution is 2.36. The van der Waals surface area contributed by atoms with Gasteiger partial charge in [-0.15, -0.1) is 24.8 Å². The monoisotopic (exact) mass is 374 g/mol. The van der Waals surface area contributed by atoms with Crippen LogP contribution in [0.3, 0.4) is 0 Å². The van der Waals surface area contributed by atoms with Crippen molar-refractivity contribution >= 4 is 40.7 Å². The van der Waals surface area contributed by atoms with Gasteiger partial charge >= 0.3 is 0 Å². The van der Waals surface area contributed by atoms with Crippen LogP contribution in [0.5, 0.6) is 5.75 Å². The van der Waals surface area contributed by atoms with Crippen LogP contribution in [0.15, 0.2) is 16.6 Å². The molecule has 1 atom stereocenters. The van der Waals surface area contributed by atoms with Crippen molar-refractivity contribution in [3.05, 3.63) is 28.0 Å². The van der Waals surface area contributed by atoms with Gasteiger partial charge in [-0.3, -0.25) is 4.90 Å². The first-order valence-electron chi connectivity index (χ1n) is 5.73. The average Bonchev–Trinajstić information content (AvgIpc) is 2.35. The van der Waals surface area contributed by atoms with E-state index in [4.69, 9.17) is 0 Å². The third kappa shape index (κ3) is 4.20. The first kappa shape index (κ1) is 18.9. The zero-order chi connectivity index (χ0) is 12.4. The minimum atomic E-state index is -0.565. The first-order valence-corrected chi connectivity index (χ1v) is 6.52. The molecule has 0 bridgehead atoms. The Kier molecular flexibility index (Phi) is 8.24. The van der Waals surface area contributed by atoms with Crippen LogP contribution in [0.1, 0.15) is 18.5 Å². The molecule has 19 heavy (non-hydrogen) atoms. The number of halogens is 4. The third-order valence-corrected chi connectivity index (χ3v) is 3.92. The molecule has 1 heterocycles. The summed E-state index contributed by atoms with van der Waals surface area (Å²) in [7, 11) is 0. The number of nitrogens with one attached hydrogen (secondary N) is 1. The Morgan fingerprint density at radius 1 is 1.32 bits per heavy atom. The van der Waals surface area contributed by atoms with Gasteiger partial charge in [0.1, 0.15) is 0 Å². The number of benzene rings is 1. The highest BCUT2D eigenvalue weighted by molar-refractivity contribution is 9.10.